The molecule has 1 aliphatic rings. The van der Waals surface area contributed by atoms with Crippen LogP contribution in [0.4, 0.5) is 0 Å². The fourth-order valence-electron chi connectivity index (χ4n) is 2.46. The first-order valence-electron chi connectivity index (χ1n) is 8.62. The molecule has 0 radical (unpaired) electrons. The SMILES string of the molecule is CC(C)CN1CCN(CCOCCOCC(=O)C(C)C)CC1. The zero-order valence-corrected chi connectivity index (χ0v) is 14.8. The minimum Gasteiger partial charge on any atom is -0.378 e. The lowest BCUT2D eigenvalue weighted by Gasteiger charge is -2.35. The van der Waals surface area contributed by atoms with Gasteiger partial charge in [-0.05, 0) is 5.92 Å². The summed E-state index contributed by atoms with van der Waals surface area (Å²) >= 11 is 0. The lowest BCUT2D eigenvalue weighted by atomic mass is 10.1. The van der Waals surface area contributed by atoms with Gasteiger partial charge >= 0.3 is 0 Å². The number of hydrogen-bond donors (Lipinski definition) is 0. The zero-order chi connectivity index (χ0) is 16.4. The number of Topliss-reactive ketones (excluding diaryl/α,β-unsaturated/α-hetero) is 1. The molecule has 22 heavy (non-hydrogen) atoms. The summed E-state index contributed by atoms with van der Waals surface area (Å²) in [6.07, 6.45) is 0. The average Bonchev–Trinajstić information content (AvgIpc) is 2.47. The van der Waals surface area contributed by atoms with Crippen LogP contribution < -0.4 is 0 Å². The molecule has 0 bridgehead atoms. The van der Waals surface area contributed by atoms with Gasteiger partial charge in [-0.1, -0.05) is 27.7 Å². The highest BCUT2D eigenvalue weighted by Crippen LogP contribution is 2.04. The van der Waals surface area contributed by atoms with Gasteiger partial charge in [-0.3, -0.25) is 9.69 Å². The normalized spacial score (nSPS) is 17.5. The monoisotopic (exact) mass is 314 g/mol. The summed E-state index contributed by atoms with van der Waals surface area (Å²) < 4.78 is 10.9. The van der Waals surface area contributed by atoms with Crippen LogP contribution in [-0.2, 0) is 14.3 Å². The van der Waals surface area contributed by atoms with Crippen LogP contribution in [-0.4, -0.2) is 81.3 Å². The van der Waals surface area contributed by atoms with Crippen LogP contribution in [0.3, 0.4) is 0 Å². The van der Waals surface area contributed by atoms with E-state index >= 15 is 0 Å². The number of hydrogen-bond acceptors (Lipinski definition) is 5. The third kappa shape index (κ3) is 8.83. The van der Waals surface area contributed by atoms with Crippen molar-refractivity contribution in [2.24, 2.45) is 11.8 Å². The topological polar surface area (TPSA) is 42.0 Å². The number of ether oxygens (including phenoxy) is 2. The van der Waals surface area contributed by atoms with Crippen molar-refractivity contribution in [1.29, 1.82) is 0 Å². The first kappa shape index (κ1) is 19.6. The third-order valence-electron chi connectivity index (χ3n) is 3.90. The van der Waals surface area contributed by atoms with E-state index in [9.17, 15) is 4.79 Å². The first-order chi connectivity index (χ1) is 10.5. The van der Waals surface area contributed by atoms with Crippen molar-refractivity contribution in [3.8, 4) is 0 Å². The lowest BCUT2D eigenvalue weighted by molar-refractivity contribution is -0.127. The average molecular weight is 314 g/mol. The van der Waals surface area contributed by atoms with E-state index in [1.165, 1.54) is 19.6 Å². The molecule has 0 aromatic rings. The molecule has 1 heterocycles. The number of ketones is 1. The Labute approximate surface area is 135 Å². The van der Waals surface area contributed by atoms with Crippen molar-refractivity contribution in [3.05, 3.63) is 0 Å². The highest BCUT2D eigenvalue weighted by Gasteiger charge is 2.16. The quantitative estimate of drug-likeness (QED) is 0.541. The first-order valence-corrected chi connectivity index (χ1v) is 8.62. The molecule has 5 heteroatoms. The molecule has 5 nitrogen and oxygen atoms in total. The standard InChI is InChI=1S/C17H34N2O3/c1-15(2)13-19-7-5-18(6-8-19)9-10-21-11-12-22-14-17(20)16(3)4/h15-16H,5-14H2,1-4H3. The smallest absolute Gasteiger partial charge is 0.160 e. The van der Waals surface area contributed by atoms with Crippen LogP contribution in [0.15, 0.2) is 0 Å². The van der Waals surface area contributed by atoms with Crippen molar-refractivity contribution >= 4 is 5.78 Å². The summed E-state index contributed by atoms with van der Waals surface area (Å²) in [5, 5.41) is 0. The number of carbonyl (C=O) groups excluding carboxylic acids is 1. The Morgan fingerprint density at radius 1 is 0.909 bits per heavy atom. The highest BCUT2D eigenvalue weighted by molar-refractivity contribution is 5.81. The molecule has 0 spiro atoms. The number of rotatable bonds is 11. The Morgan fingerprint density at radius 2 is 1.50 bits per heavy atom. The second kappa shape index (κ2) is 11.1. The largest absolute Gasteiger partial charge is 0.378 e. The summed E-state index contributed by atoms with van der Waals surface area (Å²) in [7, 11) is 0. The Bertz CT molecular complexity index is 300. The summed E-state index contributed by atoms with van der Waals surface area (Å²) in [5.41, 5.74) is 0. The van der Waals surface area contributed by atoms with E-state index in [1.54, 1.807) is 0 Å². The van der Waals surface area contributed by atoms with E-state index in [-0.39, 0.29) is 18.3 Å². The molecule has 0 aliphatic carbocycles. The fraction of sp³-hybridized carbons (Fsp3) is 0.941. The van der Waals surface area contributed by atoms with Gasteiger partial charge in [0, 0.05) is 45.2 Å². The molecular formula is C17H34N2O3. The molecule has 0 atom stereocenters. The Kier molecular flexibility index (Phi) is 9.87. The van der Waals surface area contributed by atoms with Gasteiger partial charge < -0.3 is 14.4 Å². The van der Waals surface area contributed by atoms with Crippen LogP contribution in [0.1, 0.15) is 27.7 Å². The number of carbonyl (C=O) groups is 1. The predicted octanol–water partition coefficient (Wildman–Crippen LogP) is 1.52. The lowest BCUT2D eigenvalue weighted by Crippen LogP contribution is -2.48. The van der Waals surface area contributed by atoms with Gasteiger partial charge in [0.25, 0.3) is 0 Å². The summed E-state index contributed by atoms with van der Waals surface area (Å²) in [4.78, 5) is 16.4. The van der Waals surface area contributed by atoms with Gasteiger partial charge in [0.05, 0.1) is 19.8 Å². The van der Waals surface area contributed by atoms with E-state index in [2.05, 4.69) is 23.6 Å². The predicted molar refractivity (Wildman–Crippen MR) is 89.2 cm³/mol. The third-order valence-corrected chi connectivity index (χ3v) is 3.90. The van der Waals surface area contributed by atoms with Crippen molar-refractivity contribution in [1.82, 2.24) is 9.80 Å². The van der Waals surface area contributed by atoms with Gasteiger partial charge in [0.1, 0.15) is 6.61 Å². The molecule has 130 valence electrons. The Hall–Kier alpha value is -0.490. The molecule has 0 N–H and O–H groups in total. The summed E-state index contributed by atoms with van der Waals surface area (Å²) in [6.45, 7) is 17.1. The molecule has 0 amide bonds. The summed E-state index contributed by atoms with van der Waals surface area (Å²) in [5.74, 6) is 0.951. The van der Waals surface area contributed by atoms with Crippen molar-refractivity contribution in [2.75, 3.05) is 65.7 Å². The van der Waals surface area contributed by atoms with Crippen molar-refractivity contribution in [3.63, 3.8) is 0 Å². The summed E-state index contributed by atoms with van der Waals surface area (Å²) in [6, 6.07) is 0. The molecule has 1 fully saturated rings. The maximum absolute atomic E-state index is 11.4. The Morgan fingerprint density at radius 3 is 2.09 bits per heavy atom. The van der Waals surface area contributed by atoms with Gasteiger partial charge in [0.2, 0.25) is 0 Å². The second-order valence-corrected chi connectivity index (χ2v) is 6.82. The van der Waals surface area contributed by atoms with Crippen molar-refractivity contribution in [2.45, 2.75) is 27.7 Å². The van der Waals surface area contributed by atoms with Gasteiger partial charge in [-0.25, -0.2) is 0 Å². The molecule has 0 aromatic heterocycles. The van der Waals surface area contributed by atoms with E-state index in [4.69, 9.17) is 9.47 Å². The van der Waals surface area contributed by atoms with Crippen LogP contribution in [0.25, 0.3) is 0 Å². The zero-order valence-electron chi connectivity index (χ0n) is 14.8. The van der Waals surface area contributed by atoms with Gasteiger partial charge in [-0.15, -0.1) is 0 Å². The Balaban J connectivity index is 1.93. The highest BCUT2D eigenvalue weighted by atomic mass is 16.5. The van der Waals surface area contributed by atoms with Gasteiger partial charge in [-0.2, -0.15) is 0 Å². The minimum absolute atomic E-state index is 0.0512. The molecule has 0 saturated carbocycles. The van der Waals surface area contributed by atoms with Crippen LogP contribution >= 0.6 is 0 Å². The maximum Gasteiger partial charge on any atom is 0.160 e. The van der Waals surface area contributed by atoms with E-state index < -0.39 is 0 Å². The van der Waals surface area contributed by atoms with E-state index in [0.717, 1.165) is 32.2 Å². The molecular weight excluding hydrogens is 280 g/mol. The van der Waals surface area contributed by atoms with E-state index in [1.807, 2.05) is 13.8 Å². The fourth-order valence-corrected chi connectivity index (χ4v) is 2.46. The van der Waals surface area contributed by atoms with Crippen LogP contribution in [0.5, 0.6) is 0 Å². The molecule has 0 aromatic carbocycles. The van der Waals surface area contributed by atoms with E-state index in [0.29, 0.717) is 13.2 Å². The van der Waals surface area contributed by atoms with Crippen LogP contribution in [0.2, 0.25) is 0 Å². The molecule has 1 aliphatic heterocycles. The van der Waals surface area contributed by atoms with Gasteiger partial charge in [0.15, 0.2) is 5.78 Å². The molecule has 1 rings (SSSR count). The maximum atomic E-state index is 11.4. The van der Waals surface area contributed by atoms with Crippen LogP contribution in [0, 0.1) is 11.8 Å². The molecule has 1 saturated heterocycles. The number of piperazine rings is 1. The van der Waals surface area contributed by atoms with Crippen molar-refractivity contribution < 1.29 is 14.3 Å². The number of nitrogens with zero attached hydrogens (tertiary/aromatic N) is 2. The minimum atomic E-state index is 0.0512. The second-order valence-electron chi connectivity index (χ2n) is 6.82. The molecule has 0 unspecified atom stereocenters.